The van der Waals surface area contributed by atoms with Crippen molar-refractivity contribution in [3.05, 3.63) is 66.4 Å². The van der Waals surface area contributed by atoms with Gasteiger partial charge in [-0.3, -0.25) is 0 Å². The fraction of sp³-hybridized carbons (Fsp3) is 0.0588. The highest BCUT2D eigenvalue weighted by Gasteiger charge is 2.17. The van der Waals surface area contributed by atoms with E-state index in [1.807, 2.05) is 41.2 Å². The maximum Gasteiger partial charge on any atom is 0.208 e. The van der Waals surface area contributed by atoms with Gasteiger partial charge in [-0.15, -0.1) is 10.2 Å². The normalized spacial score (nSPS) is 10.8. The molecule has 0 aliphatic rings. The summed E-state index contributed by atoms with van der Waals surface area (Å²) in [5.74, 6) is 0.530. The average Bonchev–Trinajstić information content (AvgIpc) is 3.26. The second-order valence-electron chi connectivity index (χ2n) is 5.27. The zero-order chi connectivity index (χ0) is 15.6. The van der Waals surface area contributed by atoms with Crippen molar-refractivity contribution in [1.29, 1.82) is 0 Å². The van der Waals surface area contributed by atoms with Crippen LogP contribution in [-0.4, -0.2) is 30.4 Å². The van der Waals surface area contributed by atoms with Crippen LogP contribution in [-0.2, 0) is 0 Å². The van der Waals surface area contributed by atoms with E-state index in [0.717, 1.165) is 22.5 Å². The Morgan fingerprint density at radius 2 is 1.74 bits per heavy atom. The molecule has 0 radical (unpaired) electrons. The van der Waals surface area contributed by atoms with E-state index in [1.54, 1.807) is 0 Å². The molecule has 4 aromatic rings. The minimum atomic E-state index is 0.530. The number of H-pyrrole nitrogens is 1. The topological polar surface area (TPSA) is 72.3 Å². The molecule has 1 N–H and O–H groups in total. The second-order valence-corrected chi connectivity index (χ2v) is 5.27. The van der Waals surface area contributed by atoms with E-state index in [1.165, 1.54) is 5.56 Å². The largest absolute Gasteiger partial charge is 0.240 e. The Morgan fingerprint density at radius 3 is 2.43 bits per heavy atom. The first-order chi connectivity index (χ1) is 11.3. The Hall–Kier alpha value is -3.28. The van der Waals surface area contributed by atoms with Gasteiger partial charge in [-0.25, -0.2) is 4.68 Å². The third kappa shape index (κ3) is 2.50. The van der Waals surface area contributed by atoms with Gasteiger partial charge in [0.15, 0.2) is 0 Å². The minimum absolute atomic E-state index is 0.530. The van der Waals surface area contributed by atoms with Crippen LogP contribution < -0.4 is 0 Å². The summed E-state index contributed by atoms with van der Waals surface area (Å²) in [6.45, 7) is 2.06. The van der Waals surface area contributed by atoms with Gasteiger partial charge in [0.2, 0.25) is 5.82 Å². The van der Waals surface area contributed by atoms with Crippen molar-refractivity contribution in [2.75, 3.05) is 0 Å². The van der Waals surface area contributed by atoms with E-state index in [0.29, 0.717) is 5.82 Å². The van der Waals surface area contributed by atoms with Crippen LogP contribution in [0.1, 0.15) is 5.56 Å². The fourth-order valence-electron chi connectivity index (χ4n) is 2.45. The van der Waals surface area contributed by atoms with Crippen LogP contribution in [0.2, 0.25) is 0 Å². The molecule has 0 aliphatic heterocycles. The van der Waals surface area contributed by atoms with Gasteiger partial charge in [-0.05, 0) is 24.3 Å². The van der Waals surface area contributed by atoms with E-state index in [4.69, 9.17) is 5.10 Å². The molecule has 2 heterocycles. The van der Waals surface area contributed by atoms with E-state index >= 15 is 0 Å². The predicted molar refractivity (Wildman–Crippen MR) is 86.9 cm³/mol. The number of aromatic nitrogens is 6. The van der Waals surface area contributed by atoms with Crippen molar-refractivity contribution in [2.24, 2.45) is 0 Å². The molecule has 6 nitrogen and oxygen atoms in total. The number of aryl methyl sites for hydroxylation is 1. The van der Waals surface area contributed by atoms with Crippen molar-refractivity contribution in [3.63, 3.8) is 0 Å². The van der Waals surface area contributed by atoms with Crippen LogP contribution >= 0.6 is 0 Å². The molecular weight excluding hydrogens is 288 g/mol. The zero-order valence-electron chi connectivity index (χ0n) is 12.5. The lowest BCUT2D eigenvalue weighted by atomic mass is 10.1. The van der Waals surface area contributed by atoms with E-state index in [9.17, 15) is 0 Å². The summed E-state index contributed by atoms with van der Waals surface area (Å²) in [4.78, 5) is 0. The smallest absolute Gasteiger partial charge is 0.208 e. The van der Waals surface area contributed by atoms with Gasteiger partial charge in [-0.2, -0.15) is 10.3 Å². The molecule has 2 aromatic carbocycles. The van der Waals surface area contributed by atoms with E-state index in [2.05, 4.69) is 51.8 Å². The first-order valence-electron chi connectivity index (χ1n) is 7.27. The summed E-state index contributed by atoms with van der Waals surface area (Å²) in [5, 5.41) is 19.1. The number of tetrazole rings is 1. The standard InChI is InChI=1S/C17H14N6/c1-12-7-9-13(10-8-12)16-15(17-18-21-22-19-17)11-23(20-16)14-5-3-2-4-6-14/h2-11H,1H3,(H,18,19,21,22). The quantitative estimate of drug-likeness (QED) is 0.631. The first-order valence-corrected chi connectivity index (χ1v) is 7.27. The SMILES string of the molecule is Cc1ccc(-c2nn(-c3ccccc3)cc2-c2nn[nH]n2)cc1. The van der Waals surface area contributed by atoms with Gasteiger partial charge in [0.1, 0.15) is 5.69 Å². The number of benzene rings is 2. The molecule has 6 heteroatoms. The third-order valence-corrected chi connectivity index (χ3v) is 3.65. The van der Waals surface area contributed by atoms with Crippen molar-refractivity contribution >= 4 is 0 Å². The lowest BCUT2D eigenvalue weighted by Gasteiger charge is -2.01. The van der Waals surface area contributed by atoms with Crippen molar-refractivity contribution < 1.29 is 0 Å². The number of rotatable bonds is 3. The zero-order valence-corrected chi connectivity index (χ0v) is 12.5. The molecule has 0 amide bonds. The third-order valence-electron chi connectivity index (χ3n) is 3.65. The molecule has 0 saturated carbocycles. The van der Waals surface area contributed by atoms with Gasteiger partial charge in [0.25, 0.3) is 0 Å². The maximum absolute atomic E-state index is 4.73. The molecule has 4 rings (SSSR count). The van der Waals surface area contributed by atoms with Crippen LogP contribution in [0, 0.1) is 6.92 Å². The number of nitrogens with zero attached hydrogens (tertiary/aromatic N) is 5. The molecule has 0 saturated heterocycles. The van der Waals surface area contributed by atoms with Gasteiger partial charge in [-0.1, -0.05) is 48.0 Å². The molecule has 0 atom stereocenters. The first kappa shape index (κ1) is 13.4. The van der Waals surface area contributed by atoms with Gasteiger partial charge < -0.3 is 0 Å². The Kier molecular flexibility index (Phi) is 3.20. The summed E-state index contributed by atoms with van der Waals surface area (Å²) < 4.78 is 1.83. The lowest BCUT2D eigenvalue weighted by Crippen LogP contribution is -1.93. The highest BCUT2D eigenvalue weighted by Crippen LogP contribution is 2.29. The van der Waals surface area contributed by atoms with Crippen molar-refractivity contribution in [1.82, 2.24) is 30.4 Å². The number of nitrogens with one attached hydrogen (secondary N) is 1. The molecule has 2 aromatic heterocycles. The summed E-state index contributed by atoms with van der Waals surface area (Å²) in [5.41, 5.74) is 4.87. The second kappa shape index (κ2) is 5.49. The van der Waals surface area contributed by atoms with Gasteiger partial charge >= 0.3 is 0 Å². The summed E-state index contributed by atoms with van der Waals surface area (Å²) in [7, 11) is 0. The maximum atomic E-state index is 4.73. The number of aromatic amines is 1. The molecule has 0 unspecified atom stereocenters. The van der Waals surface area contributed by atoms with Crippen molar-refractivity contribution in [2.45, 2.75) is 6.92 Å². The number of para-hydroxylation sites is 1. The fourth-order valence-corrected chi connectivity index (χ4v) is 2.45. The van der Waals surface area contributed by atoms with Crippen molar-refractivity contribution in [3.8, 4) is 28.3 Å². The Bertz CT molecular complexity index is 908. The Labute approximate surface area is 132 Å². The van der Waals surface area contributed by atoms with Crippen LogP contribution in [0.15, 0.2) is 60.8 Å². The minimum Gasteiger partial charge on any atom is -0.240 e. The number of hydrogen-bond acceptors (Lipinski definition) is 4. The van der Waals surface area contributed by atoms with Crippen LogP contribution in [0.5, 0.6) is 0 Å². The van der Waals surface area contributed by atoms with E-state index < -0.39 is 0 Å². The molecular formula is C17H14N6. The van der Waals surface area contributed by atoms with Crippen LogP contribution in [0.4, 0.5) is 0 Å². The van der Waals surface area contributed by atoms with E-state index in [-0.39, 0.29) is 0 Å². The van der Waals surface area contributed by atoms with Gasteiger partial charge in [0.05, 0.1) is 11.3 Å². The summed E-state index contributed by atoms with van der Waals surface area (Å²) >= 11 is 0. The van der Waals surface area contributed by atoms with Crippen LogP contribution in [0.25, 0.3) is 28.3 Å². The molecule has 0 spiro atoms. The molecule has 23 heavy (non-hydrogen) atoms. The molecule has 0 aliphatic carbocycles. The Morgan fingerprint density at radius 1 is 0.957 bits per heavy atom. The summed E-state index contributed by atoms with van der Waals surface area (Å²) in [6.07, 6.45) is 1.93. The highest BCUT2D eigenvalue weighted by atomic mass is 15.5. The monoisotopic (exact) mass is 302 g/mol. The predicted octanol–water partition coefficient (Wildman–Crippen LogP) is 3.03. The summed E-state index contributed by atoms with van der Waals surface area (Å²) in [6, 6.07) is 18.2. The average molecular weight is 302 g/mol. The van der Waals surface area contributed by atoms with Gasteiger partial charge in [0, 0.05) is 11.8 Å². The molecule has 0 fully saturated rings. The highest BCUT2D eigenvalue weighted by molar-refractivity contribution is 5.77. The molecule has 112 valence electrons. The molecule has 0 bridgehead atoms. The lowest BCUT2D eigenvalue weighted by molar-refractivity contribution is 0.881. The van der Waals surface area contributed by atoms with Crippen LogP contribution in [0.3, 0.4) is 0 Å². The Balaban J connectivity index is 1.89. The number of hydrogen-bond donors (Lipinski definition) is 1.